The van der Waals surface area contributed by atoms with Crippen LogP contribution in [0.1, 0.15) is 22.7 Å². The van der Waals surface area contributed by atoms with E-state index in [1.807, 2.05) is 30.3 Å². The molecule has 0 heterocycles. The van der Waals surface area contributed by atoms with Crippen LogP contribution < -0.4 is 10.6 Å². The van der Waals surface area contributed by atoms with Gasteiger partial charge >= 0.3 is 0 Å². The molecule has 1 unspecified atom stereocenters. The Balaban J connectivity index is 1.85. The van der Waals surface area contributed by atoms with Crippen molar-refractivity contribution in [1.29, 1.82) is 0 Å². The Kier molecular flexibility index (Phi) is 5.41. The van der Waals surface area contributed by atoms with Crippen molar-refractivity contribution in [3.8, 4) is 0 Å². The molecule has 126 valence electrons. The number of benzene rings is 3. The molecule has 0 saturated carbocycles. The molecule has 2 N–H and O–H groups in total. The van der Waals surface area contributed by atoms with Gasteiger partial charge < -0.3 is 10.6 Å². The average molecular weight is 350 g/mol. The summed E-state index contributed by atoms with van der Waals surface area (Å²) in [6, 6.07) is 24.5. The predicted octanol–water partition coefficient (Wildman–Crippen LogP) is 5.21. The van der Waals surface area contributed by atoms with Gasteiger partial charge in [-0.15, -0.1) is 0 Å². The Hall–Kier alpha value is -2.72. The minimum absolute atomic E-state index is 0.0871. The van der Waals surface area contributed by atoms with Crippen LogP contribution in [0.4, 0.5) is 10.1 Å². The van der Waals surface area contributed by atoms with Crippen molar-refractivity contribution in [2.45, 2.75) is 13.0 Å². The smallest absolute Gasteiger partial charge is 0.171 e. The maximum Gasteiger partial charge on any atom is 0.171 e. The van der Waals surface area contributed by atoms with Crippen molar-refractivity contribution in [2.75, 3.05) is 5.32 Å². The topological polar surface area (TPSA) is 24.1 Å². The highest BCUT2D eigenvalue weighted by Crippen LogP contribution is 2.25. The fourth-order valence-electron chi connectivity index (χ4n) is 2.76. The van der Waals surface area contributed by atoms with Crippen LogP contribution in [0.15, 0.2) is 78.9 Å². The zero-order valence-corrected chi connectivity index (χ0v) is 14.7. The number of anilines is 1. The number of hydrogen-bond acceptors (Lipinski definition) is 1. The molecule has 0 bridgehead atoms. The first kappa shape index (κ1) is 17.1. The quantitative estimate of drug-likeness (QED) is 0.632. The van der Waals surface area contributed by atoms with Crippen LogP contribution in [0.5, 0.6) is 0 Å². The average Bonchev–Trinajstić information content (AvgIpc) is 2.61. The second-order valence-corrected chi connectivity index (χ2v) is 6.22. The highest BCUT2D eigenvalue weighted by Gasteiger charge is 2.16. The van der Waals surface area contributed by atoms with Crippen molar-refractivity contribution in [3.63, 3.8) is 0 Å². The SMILES string of the molecule is Cc1ccccc1C(NC(=S)Nc1cccc(F)c1)c1ccccc1. The molecular weight excluding hydrogens is 331 g/mol. The summed E-state index contributed by atoms with van der Waals surface area (Å²) in [7, 11) is 0. The Labute approximate surface area is 152 Å². The van der Waals surface area contributed by atoms with Crippen LogP contribution in [-0.2, 0) is 0 Å². The highest BCUT2D eigenvalue weighted by molar-refractivity contribution is 7.80. The lowest BCUT2D eigenvalue weighted by atomic mass is 9.95. The third-order valence-electron chi connectivity index (χ3n) is 3.99. The van der Waals surface area contributed by atoms with Crippen molar-refractivity contribution in [1.82, 2.24) is 5.32 Å². The van der Waals surface area contributed by atoms with E-state index in [9.17, 15) is 4.39 Å². The van der Waals surface area contributed by atoms with Gasteiger partial charge in [0.2, 0.25) is 0 Å². The molecule has 0 spiro atoms. The molecule has 0 radical (unpaired) electrons. The Morgan fingerprint density at radius 2 is 1.64 bits per heavy atom. The highest BCUT2D eigenvalue weighted by atomic mass is 32.1. The maximum absolute atomic E-state index is 13.4. The third-order valence-corrected chi connectivity index (χ3v) is 4.21. The summed E-state index contributed by atoms with van der Waals surface area (Å²) in [5, 5.41) is 6.86. The van der Waals surface area contributed by atoms with Crippen LogP contribution >= 0.6 is 12.2 Å². The fraction of sp³-hybridized carbons (Fsp3) is 0.0952. The Bertz CT molecular complexity index is 865. The molecule has 0 amide bonds. The van der Waals surface area contributed by atoms with Crippen molar-refractivity contribution in [2.24, 2.45) is 0 Å². The standard InChI is InChI=1S/C21H19FN2S/c1-15-8-5-6-13-19(15)20(16-9-3-2-4-10-16)24-21(25)23-18-12-7-11-17(22)14-18/h2-14,20H,1H3,(H2,23,24,25). The Morgan fingerprint density at radius 1 is 0.920 bits per heavy atom. The Morgan fingerprint density at radius 3 is 2.36 bits per heavy atom. The largest absolute Gasteiger partial charge is 0.352 e. The molecule has 1 atom stereocenters. The van der Waals surface area contributed by atoms with Crippen molar-refractivity contribution in [3.05, 3.63) is 101 Å². The molecule has 0 saturated heterocycles. The zero-order chi connectivity index (χ0) is 17.6. The van der Waals surface area contributed by atoms with Gasteiger partial charge in [-0.3, -0.25) is 0 Å². The van der Waals surface area contributed by atoms with Gasteiger partial charge in [-0.1, -0.05) is 60.7 Å². The second kappa shape index (κ2) is 7.90. The lowest BCUT2D eigenvalue weighted by molar-refractivity contribution is 0.628. The van der Waals surface area contributed by atoms with E-state index in [1.165, 1.54) is 17.7 Å². The number of rotatable bonds is 4. The molecule has 3 aromatic carbocycles. The molecular formula is C21H19FN2S. The molecule has 3 aromatic rings. The fourth-order valence-corrected chi connectivity index (χ4v) is 3.00. The van der Waals surface area contributed by atoms with Crippen molar-refractivity contribution >= 4 is 23.0 Å². The molecule has 0 aliphatic heterocycles. The molecule has 0 aliphatic rings. The molecule has 4 heteroatoms. The molecule has 25 heavy (non-hydrogen) atoms. The lowest BCUT2D eigenvalue weighted by Crippen LogP contribution is -2.33. The van der Waals surface area contributed by atoms with E-state index in [1.54, 1.807) is 12.1 Å². The number of thiocarbonyl (C=S) groups is 1. The van der Waals surface area contributed by atoms with Gasteiger partial charge in [-0.2, -0.15) is 0 Å². The van der Waals surface area contributed by atoms with Crippen LogP contribution in [-0.4, -0.2) is 5.11 Å². The minimum atomic E-state index is -0.300. The van der Waals surface area contributed by atoms with Crippen molar-refractivity contribution < 1.29 is 4.39 Å². The lowest BCUT2D eigenvalue weighted by Gasteiger charge is -2.23. The van der Waals surface area contributed by atoms with Gasteiger partial charge in [0.1, 0.15) is 5.82 Å². The van der Waals surface area contributed by atoms with E-state index in [0.29, 0.717) is 10.8 Å². The minimum Gasteiger partial charge on any atom is -0.352 e. The number of hydrogen-bond donors (Lipinski definition) is 2. The van der Waals surface area contributed by atoms with Gasteiger partial charge in [0.25, 0.3) is 0 Å². The predicted molar refractivity (Wildman–Crippen MR) is 105 cm³/mol. The monoisotopic (exact) mass is 350 g/mol. The van der Waals surface area contributed by atoms with E-state index in [0.717, 1.165) is 11.1 Å². The van der Waals surface area contributed by atoms with Crippen LogP contribution in [0.3, 0.4) is 0 Å². The summed E-state index contributed by atoms with van der Waals surface area (Å²) in [5.74, 6) is -0.300. The second-order valence-electron chi connectivity index (χ2n) is 5.81. The molecule has 2 nitrogen and oxygen atoms in total. The number of halogens is 1. The maximum atomic E-state index is 13.4. The summed E-state index contributed by atoms with van der Waals surface area (Å²) in [4.78, 5) is 0. The third kappa shape index (κ3) is 4.43. The van der Waals surface area contributed by atoms with Gasteiger partial charge in [-0.05, 0) is 54.0 Å². The van der Waals surface area contributed by atoms with E-state index in [4.69, 9.17) is 12.2 Å². The number of aryl methyl sites for hydroxylation is 1. The van der Waals surface area contributed by atoms with E-state index < -0.39 is 0 Å². The summed E-state index contributed by atoms with van der Waals surface area (Å²) in [6.45, 7) is 2.08. The van der Waals surface area contributed by atoms with Crippen LogP contribution in [0, 0.1) is 12.7 Å². The number of nitrogens with one attached hydrogen (secondary N) is 2. The summed E-state index contributed by atoms with van der Waals surface area (Å²) >= 11 is 5.45. The first-order chi connectivity index (χ1) is 12.1. The molecule has 0 aromatic heterocycles. The van der Waals surface area contributed by atoms with Gasteiger partial charge in [0, 0.05) is 5.69 Å². The van der Waals surface area contributed by atoms with Crippen LogP contribution in [0.2, 0.25) is 0 Å². The van der Waals surface area contributed by atoms with Gasteiger partial charge in [0.15, 0.2) is 5.11 Å². The molecule has 0 aliphatic carbocycles. The summed E-state index contributed by atoms with van der Waals surface area (Å²) in [5.41, 5.74) is 4.06. The normalized spacial score (nSPS) is 11.6. The van der Waals surface area contributed by atoms with Gasteiger partial charge in [0.05, 0.1) is 6.04 Å². The van der Waals surface area contributed by atoms with E-state index in [2.05, 4.69) is 41.8 Å². The first-order valence-corrected chi connectivity index (χ1v) is 8.48. The first-order valence-electron chi connectivity index (χ1n) is 8.07. The molecule has 3 rings (SSSR count). The zero-order valence-electron chi connectivity index (χ0n) is 13.9. The van der Waals surface area contributed by atoms with E-state index in [-0.39, 0.29) is 11.9 Å². The van der Waals surface area contributed by atoms with Gasteiger partial charge in [-0.25, -0.2) is 4.39 Å². The summed E-state index contributed by atoms with van der Waals surface area (Å²) in [6.07, 6.45) is 0. The van der Waals surface area contributed by atoms with Crippen LogP contribution in [0.25, 0.3) is 0 Å². The van der Waals surface area contributed by atoms with E-state index >= 15 is 0 Å². The molecule has 0 fully saturated rings. The summed E-state index contributed by atoms with van der Waals surface area (Å²) < 4.78 is 13.4.